The summed E-state index contributed by atoms with van der Waals surface area (Å²) in [6.45, 7) is 0.259. The molecule has 114 valence electrons. The minimum atomic E-state index is -0.809. The van der Waals surface area contributed by atoms with Crippen LogP contribution in [0, 0.1) is 10.1 Å². The number of carbonyl (C=O) groups is 1. The molecule has 1 aromatic carbocycles. The van der Waals surface area contributed by atoms with Crippen molar-refractivity contribution in [1.29, 1.82) is 0 Å². The molecule has 0 unspecified atom stereocenters. The number of nitro groups is 1. The Balaban J connectivity index is 2.29. The fraction of sp³-hybridized carbons (Fsp3) is 0.0833. The summed E-state index contributed by atoms with van der Waals surface area (Å²) in [5.74, 6) is -0.671. The van der Waals surface area contributed by atoms with Crippen LogP contribution in [0.25, 0.3) is 0 Å². The predicted octanol–water partition coefficient (Wildman–Crippen LogP) is 1.33. The first-order valence-electron chi connectivity index (χ1n) is 5.96. The van der Waals surface area contributed by atoms with Crippen molar-refractivity contribution in [3.05, 3.63) is 50.8 Å². The molecule has 1 amide bonds. The SMILES string of the molecule is NC(=O)c1cc([N+](=O)[O-])c(Cl)cc1NCc1cnc(N)nc1. The van der Waals surface area contributed by atoms with E-state index >= 15 is 0 Å². The van der Waals surface area contributed by atoms with E-state index in [2.05, 4.69) is 15.3 Å². The molecule has 1 heterocycles. The lowest BCUT2D eigenvalue weighted by atomic mass is 10.1. The van der Waals surface area contributed by atoms with Gasteiger partial charge in [0.2, 0.25) is 5.95 Å². The van der Waals surface area contributed by atoms with Crippen molar-refractivity contribution >= 4 is 34.8 Å². The van der Waals surface area contributed by atoms with E-state index in [0.717, 1.165) is 6.07 Å². The molecule has 2 aromatic rings. The molecule has 10 heteroatoms. The fourth-order valence-electron chi connectivity index (χ4n) is 1.71. The van der Waals surface area contributed by atoms with Crippen LogP contribution >= 0.6 is 11.6 Å². The van der Waals surface area contributed by atoms with Crippen molar-refractivity contribution in [3.63, 3.8) is 0 Å². The number of aromatic nitrogens is 2. The number of nitrogens with one attached hydrogen (secondary N) is 1. The van der Waals surface area contributed by atoms with Gasteiger partial charge in [0, 0.05) is 36.3 Å². The molecule has 22 heavy (non-hydrogen) atoms. The lowest BCUT2D eigenvalue weighted by Gasteiger charge is -2.10. The van der Waals surface area contributed by atoms with Gasteiger partial charge in [0.05, 0.1) is 10.5 Å². The Labute approximate surface area is 129 Å². The van der Waals surface area contributed by atoms with Gasteiger partial charge in [-0.25, -0.2) is 9.97 Å². The first-order valence-corrected chi connectivity index (χ1v) is 6.34. The smallest absolute Gasteiger partial charge is 0.288 e. The number of rotatable bonds is 5. The van der Waals surface area contributed by atoms with Gasteiger partial charge in [0.1, 0.15) is 5.02 Å². The second-order valence-electron chi connectivity index (χ2n) is 4.27. The van der Waals surface area contributed by atoms with Crippen LogP contribution in [0.1, 0.15) is 15.9 Å². The molecular weight excluding hydrogens is 312 g/mol. The quantitative estimate of drug-likeness (QED) is 0.555. The monoisotopic (exact) mass is 322 g/mol. The van der Waals surface area contributed by atoms with Crippen molar-refractivity contribution in [2.45, 2.75) is 6.54 Å². The number of primary amides is 1. The number of nitrogens with two attached hydrogens (primary N) is 2. The second kappa shape index (κ2) is 6.22. The molecule has 0 spiro atoms. The van der Waals surface area contributed by atoms with Crippen LogP contribution < -0.4 is 16.8 Å². The molecule has 5 N–H and O–H groups in total. The van der Waals surface area contributed by atoms with E-state index in [1.165, 1.54) is 18.5 Å². The molecule has 0 aliphatic rings. The van der Waals surface area contributed by atoms with Crippen LogP contribution in [0.3, 0.4) is 0 Å². The van der Waals surface area contributed by atoms with Crippen LogP contribution in [0.15, 0.2) is 24.5 Å². The number of amides is 1. The third kappa shape index (κ3) is 3.38. The normalized spacial score (nSPS) is 10.2. The van der Waals surface area contributed by atoms with Gasteiger partial charge in [-0.1, -0.05) is 11.6 Å². The summed E-state index contributed by atoms with van der Waals surface area (Å²) in [5.41, 5.74) is 11.2. The third-order valence-electron chi connectivity index (χ3n) is 2.76. The van der Waals surface area contributed by atoms with E-state index in [1.54, 1.807) is 0 Å². The molecule has 2 rings (SSSR count). The van der Waals surface area contributed by atoms with Gasteiger partial charge in [-0.2, -0.15) is 0 Å². The van der Waals surface area contributed by atoms with E-state index < -0.39 is 16.5 Å². The van der Waals surface area contributed by atoms with Crippen molar-refractivity contribution < 1.29 is 9.72 Å². The van der Waals surface area contributed by atoms with E-state index in [4.69, 9.17) is 23.1 Å². The Morgan fingerprint density at radius 2 is 2.00 bits per heavy atom. The average Bonchev–Trinajstić information content (AvgIpc) is 2.46. The topological polar surface area (TPSA) is 150 Å². The van der Waals surface area contributed by atoms with Crippen LogP contribution in [0.4, 0.5) is 17.3 Å². The Bertz CT molecular complexity index is 734. The average molecular weight is 323 g/mol. The van der Waals surface area contributed by atoms with Crippen LogP contribution in [0.5, 0.6) is 0 Å². The van der Waals surface area contributed by atoms with Gasteiger partial charge in [0.25, 0.3) is 11.6 Å². The number of nitrogen functional groups attached to an aromatic ring is 1. The van der Waals surface area contributed by atoms with E-state index in [0.29, 0.717) is 5.56 Å². The summed E-state index contributed by atoms with van der Waals surface area (Å²) in [5, 5.41) is 13.6. The zero-order valence-corrected chi connectivity index (χ0v) is 11.9. The first kappa shape index (κ1) is 15.4. The number of nitrogens with zero attached hydrogens (tertiary/aromatic N) is 3. The molecule has 0 aliphatic heterocycles. The Kier molecular flexibility index (Phi) is 4.37. The van der Waals surface area contributed by atoms with Gasteiger partial charge in [-0.05, 0) is 6.07 Å². The van der Waals surface area contributed by atoms with Crippen LogP contribution in [-0.4, -0.2) is 20.8 Å². The molecule has 9 nitrogen and oxygen atoms in total. The van der Waals surface area contributed by atoms with Gasteiger partial charge < -0.3 is 16.8 Å². The summed E-state index contributed by atoms with van der Waals surface area (Å²) >= 11 is 5.83. The summed E-state index contributed by atoms with van der Waals surface area (Å²) < 4.78 is 0. The zero-order chi connectivity index (χ0) is 16.3. The fourth-order valence-corrected chi connectivity index (χ4v) is 1.94. The maximum atomic E-state index is 11.4. The van der Waals surface area contributed by atoms with E-state index in [1.807, 2.05) is 0 Å². The number of hydrogen-bond donors (Lipinski definition) is 3. The summed E-state index contributed by atoms with van der Waals surface area (Å²) in [6.07, 6.45) is 3.01. The van der Waals surface area contributed by atoms with Gasteiger partial charge in [-0.3, -0.25) is 14.9 Å². The molecule has 0 radical (unpaired) electrons. The first-order chi connectivity index (χ1) is 10.4. The number of carbonyl (C=O) groups excluding carboxylic acids is 1. The lowest BCUT2D eigenvalue weighted by Crippen LogP contribution is -2.15. The summed E-state index contributed by atoms with van der Waals surface area (Å²) in [7, 11) is 0. The number of nitro benzene ring substituents is 1. The molecule has 0 atom stereocenters. The Morgan fingerprint density at radius 1 is 1.36 bits per heavy atom. The number of hydrogen-bond acceptors (Lipinski definition) is 7. The highest BCUT2D eigenvalue weighted by molar-refractivity contribution is 6.33. The van der Waals surface area contributed by atoms with Gasteiger partial charge in [0.15, 0.2) is 0 Å². The summed E-state index contributed by atoms with van der Waals surface area (Å²) in [4.78, 5) is 29.2. The van der Waals surface area contributed by atoms with Crippen molar-refractivity contribution in [2.75, 3.05) is 11.1 Å². The Morgan fingerprint density at radius 3 is 2.55 bits per heavy atom. The number of benzene rings is 1. The number of anilines is 2. The largest absolute Gasteiger partial charge is 0.380 e. The maximum Gasteiger partial charge on any atom is 0.288 e. The highest BCUT2D eigenvalue weighted by Crippen LogP contribution is 2.31. The van der Waals surface area contributed by atoms with Crippen LogP contribution in [-0.2, 0) is 6.54 Å². The minimum absolute atomic E-state index is 0.0348. The number of halogens is 1. The second-order valence-corrected chi connectivity index (χ2v) is 4.68. The van der Waals surface area contributed by atoms with Crippen molar-refractivity contribution in [1.82, 2.24) is 9.97 Å². The third-order valence-corrected chi connectivity index (χ3v) is 3.06. The molecule has 0 saturated heterocycles. The molecule has 0 fully saturated rings. The van der Waals surface area contributed by atoms with E-state index in [9.17, 15) is 14.9 Å². The molecule has 1 aromatic heterocycles. The highest BCUT2D eigenvalue weighted by Gasteiger charge is 2.19. The standard InChI is InChI=1S/C12H11ClN6O3/c13-8-2-9(7(11(14)20)1-10(8)19(21)22)16-3-6-4-17-12(15)18-5-6/h1-2,4-5,16H,3H2,(H2,14,20)(H2,15,17,18). The van der Waals surface area contributed by atoms with Gasteiger partial charge >= 0.3 is 0 Å². The molecular formula is C12H11ClN6O3. The van der Waals surface area contributed by atoms with E-state index in [-0.39, 0.29) is 28.8 Å². The highest BCUT2D eigenvalue weighted by atomic mass is 35.5. The minimum Gasteiger partial charge on any atom is -0.380 e. The Hall–Kier alpha value is -2.94. The van der Waals surface area contributed by atoms with Crippen molar-refractivity contribution in [2.24, 2.45) is 5.73 Å². The molecule has 0 bridgehead atoms. The zero-order valence-electron chi connectivity index (χ0n) is 11.1. The summed E-state index contributed by atoms with van der Waals surface area (Å²) in [6, 6.07) is 2.31. The predicted molar refractivity (Wildman–Crippen MR) is 80.4 cm³/mol. The molecule has 0 aliphatic carbocycles. The lowest BCUT2D eigenvalue weighted by molar-refractivity contribution is -0.384. The maximum absolute atomic E-state index is 11.4. The molecule has 0 saturated carbocycles. The van der Waals surface area contributed by atoms with Gasteiger partial charge in [-0.15, -0.1) is 0 Å². The van der Waals surface area contributed by atoms with Crippen molar-refractivity contribution in [3.8, 4) is 0 Å². The van der Waals surface area contributed by atoms with Crippen LogP contribution in [0.2, 0.25) is 5.02 Å².